The molecule has 3 fully saturated rings. The van der Waals surface area contributed by atoms with Gasteiger partial charge in [0.25, 0.3) is 0 Å². The van der Waals surface area contributed by atoms with Crippen molar-refractivity contribution in [2.24, 2.45) is 0 Å². The number of para-hydroxylation sites is 1. The van der Waals surface area contributed by atoms with Crippen molar-refractivity contribution in [3.05, 3.63) is 53.7 Å². The number of sulfonamides is 1. The average molecular weight is 640 g/mol. The zero-order chi connectivity index (χ0) is 30.5. The van der Waals surface area contributed by atoms with Crippen LogP contribution in [0.5, 0.6) is 5.75 Å². The predicted molar refractivity (Wildman–Crippen MR) is 176 cm³/mol. The van der Waals surface area contributed by atoms with E-state index in [-0.39, 0.29) is 16.0 Å². The number of nitrogens with one attached hydrogen (secondary N) is 3. The van der Waals surface area contributed by atoms with Crippen molar-refractivity contribution >= 4 is 50.5 Å². The number of hydrogen-bond acceptors (Lipinski definition) is 9. The Balaban J connectivity index is 1.14. The number of piperidine rings is 2. The first kappa shape index (κ1) is 30.9. The maximum atomic E-state index is 13.2. The van der Waals surface area contributed by atoms with Gasteiger partial charge in [0.2, 0.25) is 16.0 Å². The summed E-state index contributed by atoms with van der Waals surface area (Å²) < 4.78 is 35.1. The van der Waals surface area contributed by atoms with Crippen LogP contribution in [0.1, 0.15) is 57.8 Å². The lowest BCUT2D eigenvalue weighted by molar-refractivity contribution is 0.141. The Kier molecular flexibility index (Phi) is 9.75. The molecule has 0 unspecified atom stereocenters. The molecular formula is C32H42ClN7O3S. The molecule has 0 spiro atoms. The molecule has 3 aliphatic rings. The van der Waals surface area contributed by atoms with Gasteiger partial charge in [-0.1, -0.05) is 43.0 Å². The van der Waals surface area contributed by atoms with Crippen LogP contribution in [0.25, 0.3) is 0 Å². The molecule has 10 nitrogen and oxygen atoms in total. The zero-order valence-corrected chi connectivity index (χ0v) is 26.8. The van der Waals surface area contributed by atoms with E-state index in [9.17, 15) is 8.42 Å². The second-order valence-electron chi connectivity index (χ2n) is 11.9. The molecule has 0 atom stereocenters. The Morgan fingerprint density at radius 1 is 0.886 bits per heavy atom. The van der Waals surface area contributed by atoms with Crippen LogP contribution in [0.4, 0.5) is 28.8 Å². The lowest BCUT2D eigenvalue weighted by Gasteiger charge is -2.41. The summed E-state index contributed by atoms with van der Waals surface area (Å²) in [6.45, 7) is 4.54. The quantitative estimate of drug-likeness (QED) is 0.235. The molecular weight excluding hydrogens is 598 g/mol. The lowest BCUT2D eigenvalue weighted by atomic mass is 9.99. The molecule has 1 saturated carbocycles. The highest BCUT2D eigenvalue weighted by atomic mass is 35.5. The molecule has 236 valence electrons. The van der Waals surface area contributed by atoms with Gasteiger partial charge in [0.15, 0.2) is 5.82 Å². The molecule has 0 bridgehead atoms. The summed E-state index contributed by atoms with van der Waals surface area (Å²) in [4.78, 5) is 14.2. The molecule has 3 N–H and O–H groups in total. The fourth-order valence-electron chi connectivity index (χ4n) is 6.65. The number of halogens is 1. The second-order valence-corrected chi connectivity index (χ2v) is 14.0. The maximum Gasteiger partial charge on any atom is 0.242 e. The number of ether oxygens (including phenoxy) is 1. The molecule has 44 heavy (non-hydrogen) atoms. The Labute approximate surface area is 265 Å². The number of methoxy groups -OCH3 is 1. The fraction of sp³-hybridized carbons (Fsp3) is 0.500. The maximum absolute atomic E-state index is 13.2. The predicted octanol–water partition coefficient (Wildman–Crippen LogP) is 6.30. The Bertz CT molecular complexity index is 1540. The van der Waals surface area contributed by atoms with Gasteiger partial charge in [0.1, 0.15) is 15.7 Å². The van der Waals surface area contributed by atoms with Crippen LogP contribution < -0.4 is 25.0 Å². The van der Waals surface area contributed by atoms with Gasteiger partial charge in [-0.2, -0.15) is 4.98 Å². The third-order valence-electron chi connectivity index (χ3n) is 9.02. The van der Waals surface area contributed by atoms with E-state index in [1.54, 1.807) is 31.4 Å². The summed E-state index contributed by atoms with van der Waals surface area (Å²) in [5, 5.41) is 6.64. The third-order valence-corrected chi connectivity index (χ3v) is 10.9. The number of likely N-dealkylation sites (tertiary alicyclic amines) is 1. The minimum absolute atomic E-state index is 0.0424. The first-order valence-electron chi connectivity index (χ1n) is 15.7. The van der Waals surface area contributed by atoms with Crippen molar-refractivity contribution in [3.63, 3.8) is 0 Å². The van der Waals surface area contributed by atoms with Crippen molar-refractivity contribution in [2.45, 2.75) is 74.8 Å². The highest BCUT2D eigenvalue weighted by Gasteiger charge is 2.27. The molecule has 6 rings (SSSR count). The first-order valence-corrected chi connectivity index (χ1v) is 17.6. The van der Waals surface area contributed by atoms with E-state index in [1.807, 2.05) is 6.07 Å². The van der Waals surface area contributed by atoms with Crippen LogP contribution in [-0.4, -0.2) is 68.7 Å². The molecule has 3 heterocycles. The number of rotatable bonds is 10. The highest BCUT2D eigenvalue weighted by molar-refractivity contribution is 7.89. The summed E-state index contributed by atoms with van der Waals surface area (Å²) >= 11 is 6.46. The van der Waals surface area contributed by atoms with Crippen LogP contribution in [-0.2, 0) is 10.0 Å². The third kappa shape index (κ3) is 7.22. The van der Waals surface area contributed by atoms with Crippen LogP contribution in [0.2, 0.25) is 5.02 Å². The summed E-state index contributed by atoms with van der Waals surface area (Å²) in [6, 6.07) is 13.5. The normalized spacial score (nSPS) is 18.8. The molecule has 2 aliphatic heterocycles. The average Bonchev–Trinajstić information content (AvgIpc) is 3.56. The van der Waals surface area contributed by atoms with Crippen molar-refractivity contribution < 1.29 is 13.2 Å². The van der Waals surface area contributed by atoms with E-state index in [1.165, 1.54) is 51.4 Å². The molecule has 1 aromatic heterocycles. The summed E-state index contributed by atoms with van der Waals surface area (Å²) in [7, 11) is -2.08. The fourth-order valence-corrected chi connectivity index (χ4v) is 8.25. The van der Waals surface area contributed by atoms with Crippen LogP contribution >= 0.6 is 11.6 Å². The SMILES string of the molecule is COc1cc(N2CCC(N3CCCCC3)CC2)ccc1Nc1ncc(Cl)c(Nc2ccccc2S(=O)(=O)NC2CCCC2)n1. The molecule has 12 heteroatoms. The van der Waals surface area contributed by atoms with E-state index in [4.69, 9.17) is 16.3 Å². The molecule has 2 aromatic carbocycles. The van der Waals surface area contributed by atoms with Crippen molar-refractivity contribution in [1.29, 1.82) is 0 Å². The molecule has 1 aliphatic carbocycles. The van der Waals surface area contributed by atoms with E-state index in [2.05, 4.69) is 47.3 Å². The minimum Gasteiger partial charge on any atom is -0.494 e. The Hall–Kier alpha value is -3.12. The largest absolute Gasteiger partial charge is 0.494 e. The van der Waals surface area contributed by atoms with E-state index >= 15 is 0 Å². The topological polar surface area (TPSA) is 112 Å². The Morgan fingerprint density at radius 2 is 1.64 bits per heavy atom. The highest BCUT2D eigenvalue weighted by Crippen LogP contribution is 2.35. The molecule has 3 aromatic rings. The van der Waals surface area contributed by atoms with Crippen LogP contribution in [0.3, 0.4) is 0 Å². The van der Waals surface area contributed by atoms with Gasteiger partial charge < -0.3 is 25.2 Å². The molecule has 0 radical (unpaired) electrons. The van der Waals surface area contributed by atoms with Gasteiger partial charge >= 0.3 is 0 Å². The van der Waals surface area contributed by atoms with Crippen molar-refractivity contribution in [1.82, 2.24) is 19.6 Å². The standard InChI is InChI=1S/C32H42ClN7O3S/c1-43-29-21-25(40-19-15-24(16-20-40)39-17-7-2-8-18-39)13-14-27(29)36-32-34-22-26(33)31(37-32)35-28-11-5-6-12-30(28)44(41,42)38-23-9-3-4-10-23/h5-6,11-14,21-24,38H,2-4,7-10,15-20H2,1H3,(H2,34,35,36,37). The van der Waals surface area contributed by atoms with Gasteiger partial charge in [-0.25, -0.2) is 18.1 Å². The van der Waals surface area contributed by atoms with Gasteiger partial charge in [-0.15, -0.1) is 0 Å². The van der Waals surface area contributed by atoms with Crippen LogP contribution in [0.15, 0.2) is 53.6 Å². The van der Waals surface area contributed by atoms with Crippen LogP contribution in [0, 0.1) is 0 Å². The van der Waals surface area contributed by atoms with Gasteiger partial charge in [-0.05, 0) is 75.9 Å². The van der Waals surface area contributed by atoms with Gasteiger partial charge in [0, 0.05) is 36.9 Å². The van der Waals surface area contributed by atoms with E-state index in [0.717, 1.165) is 50.1 Å². The molecule has 2 saturated heterocycles. The smallest absolute Gasteiger partial charge is 0.242 e. The van der Waals surface area contributed by atoms with Crippen molar-refractivity contribution in [2.75, 3.05) is 48.8 Å². The summed E-state index contributed by atoms with van der Waals surface area (Å²) in [5.74, 6) is 1.28. The lowest BCUT2D eigenvalue weighted by Crippen LogP contribution is -2.46. The van der Waals surface area contributed by atoms with E-state index < -0.39 is 10.0 Å². The summed E-state index contributed by atoms with van der Waals surface area (Å²) in [5.41, 5.74) is 2.24. The van der Waals surface area contributed by atoms with Gasteiger partial charge in [0.05, 0.1) is 24.7 Å². The summed E-state index contributed by atoms with van der Waals surface area (Å²) in [6.07, 6.45) is 11.6. The number of aromatic nitrogens is 2. The molecule has 0 amide bonds. The minimum atomic E-state index is -3.74. The second kappa shape index (κ2) is 13.9. The number of benzene rings is 2. The number of hydrogen-bond donors (Lipinski definition) is 3. The number of anilines is 5. The zero-order valence-electron chi connectivity index (χ0n) is 25.3. The van der Waals surface area contributed by atoms with Gasteiger partial charge in [-0.3, -0.25) is 0 Å². The monoisotopic (exact) mass is 639 g/mol. The first-order chi connectivity index (χ1) is 21.4. The Morgan fingerprint density at radius 3 is 2.39 bits per heavy atom. The number of nitrogens with zero attached hydrogens (tertiary/aromatic N) is 4. The van der Waals surface area contributed by atoms with E-state index in [0.29, 0.717) is 29.2 Å². The van der Waals surface area contributed by atoms with Crippen molar-refractivity contribution in [3.8, 4) is 5.75 Å².